The minimum atomic E-state index is -1.13. The Morgan fingerprint density at radius 3 is 1.74 bits per heavy atom. The number of amides is 2. The molecule has 42 heavy (non-hydrogen) atoms. The van der Waals surface area contributed by atoms with Gasteiger partial charge < -0.3 is 31.1 Å². The second kappa shape index (κ2) is 12.7. The van der Waals surface area contributed by atoms with Crippen LogP contribution in [0.4, 0.5) is 11.4 Å². The molecule has 10 nitrogen and oxygen atoms in total. The number of phenolic OH excluding ortho intramolecular Hbond substituents is 2. The van der Waals surface area contributed by atoms with Gasteiger partial charge in [0.2, 0.25) is 0 Å². The lowest BCUT2D eigenvalue weighted by Crippen LogP contribution is -2.21. The molecule has 0 aromatic heterocycles. The molecular weight excluding hydrogens is 540 g/mol. The number of rotatable bonds is 10. The van der Waals surface area contributed by atoms with Gasteiger partial charge in [-0.1, -0.05) is 44.7 Å². The van der Waals surface area contributed by atoms with Crippen molar-refractivity contribution in [3.05, 3.63) is 119 Å². The maximum Gasteiger partial charge on any atom is 0.335 e. The summed E-state index contributed by atoms with van der Waals surface area (Å²) in [5.74, 6) is -3.79. The molecule has 0 radical (unpaired) electrons. The van der Waals surface area contributed by atoms with Crippen molar-refractivity contribution in [2.24, 2.45) is 0 Å². The van der Waals surface area contributed by atoms with E-state index in [-0.39, 0.29) is 45.1 Å². The Labute approximate surface area is 242 Å². The van der Waals surface area contributed by atoms with Crippen molar-refractivity contribution in [2.75, 3.05) is 10.6 Å². The summed E-state index contributed by atoms with van der Waals surface area (Å²) in [6, 6.07) is 14.7. The lowest BCUT2D eigenvalue weighted by Gasteiger charge is -2.28. The van der Waals surface area contributed by atoms with Crippen molar-refractivity contribution in [3.8, 4) is 11.5 Å². The van der Waals surface area contributed by atoms with E-state index in [4.69, 9.17) is 10.2 Å². The van der Waals surface area contributed by atoms with E-state index in [9.17, 15) is 29.4 Å². The minimum absolute atomic E-state index is 0.0225. The average molecular weight is 571 g/mol. The van der Waals surface area contributed by atoms with Gasteiger partial charge in [-0.3, -0.25) is 9.59 Å². The number of nitrogens with one attached hydrogen (secondary N) is 2. The Kier molecular flexibility index (Phi) is 9.33. The Morgan fingerprint density at radius 1 is 0.762 bits per heavy atom. The first-order valence-electron chi connectivity index (χ1n) is 12.6. The third kappa shape index (κ3) is 7.11. The Hall–Kier alpha value is -5.64. The van der Waals surface area contributed by atoms with Gasteiger partial charge in [0, 0.05) is 22.1 Å². The van der Waals surface area contributed by atoms with E-state index in [1.165, 1.54) is 61.5 Å². The Morgan fingerprint density at radius 2 is 1.26 bits per heavy atom. The first kappa shape index (κ1) is 30.9. The second-order valence-electron chi connectivity index (χ2n) is 9.86. The number of allylic oxidation sites excluding steroid dienone is 2. The van der Waals surface area contributed by atoms with Crippen molar-refractivity contribution in [2.45, 2.75) is 26.2 Å². The van der Waals surface area contributed by atoms with E-state index in [0.29, 0.717) is 11.1 Å². The highest BCUT2D eigenvalue weighted by Crippen LogP contribution is 2.38. The third-order valence-electron chi connectivity index (χ3n) is 6.66. The van der Waals surface area contributed by atoms with Gasteiger partial charge in [-0.15, -0.1) is 0 Å². The zero-order valence-electron chi connectivity index (χ0n) is 23.1. The van der Waals surface area contributed by atoms with E-state index < -0.39 is 29.2 Å². The monoisotopic (exact) mass is 570 g/mol. The number of aliphatic carboxylic acids is 1. The summed E-state index contributed by atoms with van der Waals surface area (Å²) in [5, 5.41) is 44.2. The highest BCUT2D eigenvalue weighted by atomic mass is 16.4. The SMILES string of the molecule is C=C/C(=C\C=C(/C)C(=O)O)C(=O)Nc1cc(C(C)(C)c2ccc(O)c(NC(=O)c3ccc(C(=O)O)cc3)c2)ccc1O. The maximum absolute atomic E-state index is 12.8. The van der Waals surface area contributed by atoms with Gasteiger partial charge in [0.15, 0.2) is 0 Å². The van der Waals surface area contributed by atoms with Crippen LogP contribution in [0.1, 0.15) is 52.6 Å². The van der Waals surface area contributed by atoms with E-state index >= 15 is 0 Å². The number of phenols is 2. The van der Waals surface area contributed by atoms with Crippen LogP contribution in [0.15, 0.2) is 96.6 Å². The molecule has 10 heteroatoms. The van der Waals surface area contributed by atoms with Crippen molar-refractivity contribution in [3.63, 3.8) is 0 Å². The molecule has 216 valence electrons. The fourth-order valence-corrected chi connectivity index (χ4v) is 3.89. The molecule has 0 bridgehead atoms. The molecule has 0 aliphatic carbocycles. The van der Waals surface area contributed by atoms with Crippen LogP contribution in [0.25, 0.3) is 0 Å². The second-order valence-corrected chi connectivity index (χ2v) is 9.86. The number of carboxylic acid groups (broad SMARTS) is 2. The van der Waals surface area contributed by atoms with E-state index in [1.54, 1.807) is 24.3 Å². The molecule has 0 saturated carbocycles. The van der Waals surface area contributed by atoms with Gasteiger partial charge in [-0.25, -0.2) is 9.59 Å². The highest BCUT2D eigenvalue weighted by molar-refractivity contribution is 6.07. The van der Waals surface area contributed by atoms with Gasteiger partial charge in [0.1, 0.15) is 11.5 Å². The van der Waals surface area contributed by atoms with Gasteiger partial charge >= 0.3 is 11.9 Å². The fraction of sp³-hybridized carbons (Fsp3) is 0.125. The summed E-state index contributed by atoms with van der Waals surface area (Å²) in [4.78, 5) is 47.7. The number of benzene rings is 3. The van der Waals surface area contributed by atoms with Crippen LogP contribution in [0.2, 0.25) is 0 Å². The van der Waals surface area contributed by atoms with Crippen LogP contribution in [-0.4, -0.2) is 44.2 Å². The van der Waals surface area contributed by atoms with E-state index in [1.807, 2.05) is 13.8 Å². The van der Waals surface area contributed by atoms with Gasteiger partial charge in [0.25, 0.3) is 11.8 Å². The molecule has 0 saturated heterocycles. The number of hydrogen-bond donors (Lipinski definition) is 6. The number of anilines is 2. The number of carbonyl (C=O) groups is 4. The van der Waals surface area contributed by atoms with Crippen LogP contribution >= 0.6 is 0 Å². The first-order chi connectivity index (χ1) is 19.7. The van der Waals surface area contributed by atoms with Crippen LogP contribution < -0.4 is 10.6 Å². The molecule has 0 unspecified atom stereocenters. The smallest absolute Gasteiger partial charge is 0.335 e. The fourth-order valence-electron chi connectivity index (χ4n) is 3.89. The predicted octanol–water partition coefficient (Wildman–Crippen LogP) is 5.46. The van der Waals surface area contributed by atoms with Crippen LogP contribution in [0, 0.1) is 0 Å². The maximum atomic E-state index is 12.8. The molecule has 0 atom stereocenters. The van der Waals surface area contributed by atoms with Crippen LogP contribution in [-0.2, 0) is 15.0 Å². The van der Waals surface area contributed by atoms with Crippen molar-refractivity contribution in [1.29, 1.82) is 0 Å². The van der Waals surface area contributed by atoms with Gasteiger partial charge in [-0.05, 0) is 72.7 Å². The summed E-state index contributed by atoms with van der Waals surface area (Å²) < 4.78 is 0. The van der Waals surface area contributed by atoms with Crippen molar-refractivity contribution in [1.82, 2.24) is 0 Å². The number of carbonyl (C=O) groups excluding carboxylic acids is 2. The number of hydrogen-bond acceptors (Lipinski definition) is 6. The summed E-state index contributed by atoms with van der Waals surface area (Å²) in [5.41, 5.74) is 1.18. The summed E-state index contributed by atoms with van der Waals surface area (Å²) in [6.07, 6.45) is 3.84. The molecule has 3 aromatic carbocycles. The van der Waals surface area contributed by atoms with Gasteiger partial charge in [0.05, 0.1) is 16.9 Å². The minimum Gasteiger partial charge on any atom is -0.506 e. The molecular formula is C32H30N2O8. The molecule has 3 rings (SSSR count). The molecule has 3 aromatic rings. The van der Waals surface area contributed by atoms with Crippen LogP contribution in [0.3, 0.4) is 0 Å². The molecule has 0 spiro atoms. The lowest BCUT2D eigenvalue weighted by molar-refractivity contribution is -0.132. The molecule has 0 heterocycles. The van der Waals surface area contributed by atoms with E-state index in [0.717, 1.165) is 0 Å². The summed E-state index contributed by atoms with van der Waals surface area (Å²) in [6.45, 7) is 8.73. The van der Waals surface area contributed by atoms with Gasteiger partial charge in [-0.2, -0.15) is 0 Å². The number of aromatic carboxylic acids is 1. The van der Waals surface area contributed by atoms with Crippen molar-refractivity contribution >= 4 is 35.1 Å². The quantitative estimate of drug-likeness (QED) is 0.106. The Bertz CT molecular complexity index is 1630. The lowest BCUT2D eigenvalue weighted by atomic mass is 9.77. The topological polar surface area (TPSA) is 173 Å². The third-order valence-corrected chi connectivity index (χ3v) is 6.66. The highest BCUT2D eigenvalue weighted by Gasteiger charge is 2.26. The first-order valence-corrected chi connectivity index (χ1v) is 12.6. The predicted molar refractivity (Wildman–Crippen MR) is 158 cm³/mol. The largest absolute Gasteiger partial charge is 0.506 e. The molecule has 0 aliphatic heterocycles. The zero-order valence-corrected chi connectivity index (χ0v) is 23.1. The molecule has 6 N–H and O–H groups in total. The van der Waals surface area contributed by atoms with Crippen molar-refractivity contribution < 1.29 is 39.6 Å². The molecule has 0 aliphatic rings. The number of aromatic hydroxyl groups is 2. The molecule has 2 amide bonds. The zero-order chi connectivity index (χ0) is 31.2. The summed E-state index contributed by atoms with van der Waals surface area (Å²) in [7, 11) is 0. The summed E-state index contributed by atoms with van der Waals surface area (Å²) >= 11 is 0. The molecule has 0 fully saturated rings. The van der Waals surface area contributed by atoms with Crippen LogP contribution in [0.5, 0.6) is 11.5 Å². The number of carboxylic acids is 2. The standard InChI is InChI=1S/C32H30N2O8/c1-5-19(7-6-18(2)30(39)40)28(37)33-24-16-22(12-14-26(24)35)32(3,4)23-13-15-27(36)25(17-23)34-29(38)20-8-10-21(11-9-20)31(41)42/h5-17,35-36H,1H2,2-4H3,(H,33,37)(H,34,38)(H,39,40)(H,41,42)/b18-6+,19-7+. The normalized spacial score (nSPS) is 11.9. The van der Waals surface area contributed by atoms with E-state index in [2.05, 4.69) is 17.2 Å². The average Bonchev–Trinajstić information content (AvgIpc) is 2.95. The Balaban J connectivity index is 1.88.